The van der Waals surface area contributed by atoms with E-state index in [9.17, 15) is 4.79 Å². The third-order valence-corrected chi connectivity index (χ3v) is 2.47. The fourth-order valence-corrected chi connectivity index (χ4v) is 1.49. The van der Waals surface area contributed by atoms with Crippen molar-refractivity contribution in [2.45, 2.75) is 12.8 Å². The lowest BCUT2D eigenvalue weighted by Gasteiger charge is -2.09. The van der Waals surface area contributed by atoms with Crippen LogP contribution in [-0.4, -0.2) is 11.1 Å². The van der Waals surface area contributed by atoms with Gasteiger partial charge >= 0.3 is 5.97 Å². The second-order valence-corrected chi connectivity index (χ2v) is 3.67. The molecule has 0 saturated heterocycles. The highest BCUT2D eigenvalue weighted by Gasteiger charge is 2.15. The number of allylic oxidation sites excluding steroid dienone is 4. The molecule has 0 aliphatic rings. The Bertz CT molecular complexity index is 456. The lowest BCUT2D eigenvalue weighted by Crippen LogP contribution is -2.08. The number of hydrogen-bond acceptors (Lipinski definition) is 1. The first kappa shape index (κ1) is 13.0. The van der Waals surface area contributed by atoms with Crippen molar-refractivity contribution in [2.75, 3.05) is 0 Å². The highest BCUT2D eigenvalue weighted by atomic mass is 16.4. The predicted molar refractivity (Wildman–Crippen MR) is 70.9 cm³/mol. The molecule has 1 unspecified atom stereocenters. The summed E-state index contributed by atoms with van der Waals surface area (Å²) in [5.74, 6) is -1.31. The Morgan fingerprint density at radius 1 is 1.29 bits per heavy atom. The number of benzene rings is 1. The van der Waals surface area contributed by atoms with E-state index in [1.165, 1.54) is 0 Å². The molecular weight excluding hydrogens is 212 g/mol. The van der Waals surface area contributed by atoms with E-state index in [-0.39, 0.29) is 0 Å². The summed E-state index contributed by atoms with van der Waals surface area (Å²) < 4.78 is 0. The molecule has 0 spiro atoms. The Balaban J connectivity index is 2.99. The Hall–Kier alpha value is -2.09. The summed E-state index contributed by atoms with van der Waals surface area (Å²) in [6.45, 7) is 5.26. The quantitative estimate of drug-likeness (QED) is 0.781. The number of hydrogen-bond donors (Lipinski definition) is 1. The normalized spacial score (nSPS) is 13.0. The van der Waals surface area contributed by atoms with E-state index in [1.807, 2.05) is 48.6 Å². The van der Waals surface area contributed by atoms with Crippen LogP contribution in [0.5, 0.6) is 0 Å². The third-order valence-electron chi connectivity index (χ3n) is 2.47. The molecule has 0 bridgehead atoms. The molecule has 1 aromatic rings. The summed E-state index contributed by atoms with van der Waals surface area (Å²) in [7, 11) is 0. The standard InChI is InChI=1S/C15H16O2/c1-3-4-5-6-9-13-10-7-8-11-14(13)12(2)15(16)17/h3-12H,1H2,2H3,(H,16,17). The van der Waals surface area contributed by atoms with Crippen molar-refractivity contribution in [2.24, 2.45) is 0 Å². The lowest BCUT2D eigenvalue weighted by molar-refractivity contribution is -0.138. The van der Waals surface area contributed by atoms with Gasteiger partial charge in [-0.05, 0) is 18.1 Å². The van der Waals surface area contributed by atoms with Crippen LogP contribution < -0.4 is 0 Å². The number of rotatable bonds is 5. The molecule has 2 heteroatoms. The van der Waals surface area contributed by atoms with Crippen molar-refractivity contribution < 1.29 is 9.90 Å². The van der Waals surface area contributed by atoms with Gasteiger partial charge in [-0.1, -0.05) is 61.2 Å². The van der Waals surface area contributed by atoms with Gasteiger partial charge in [-0.3, -0.25) is 4.79 Å². The van der Waals surface area contributed by atoms with Crippen molar-refractivity contribution in [1.82, 2.24) is 0 Å². The van der Waals surface area contributed by atoms with Gasteiger partial charge in [0.1, 0.15) is 0 Å². The van der Waals surface area contributed by atoms with Gasteiger partial charge in [0.2, 0.25) is 0 Å². The molecule has 0 amide bonds. The van der Waals surface area contributed by atoms with Crippen molar-refractivity contribution in [3.05, 3.63) is 66.3 Å². The Morgan fingerprint density at radius 3 is 2.65 bits per heavy atom. The highest BCUT2D eigenvalue weighted by Crippen LogP contribution is 2.21. The van der Waals surface area contributed by atoms with Gasteiger partial charge < -0.3 is 5.11 Å². The average molecular weight is 228 g/mol. The monoisotopic (exact) mass is 228 g/mol. The van der Waals surface area contributed by atoms with Crippen LogP contribution in [0.2, 0.25) is 0 Å². The summed E-state index contributed by atoms with van der Waals surface area (Å²) in [6.07, 6.45) is 9.13. The van der Waals surface area contributed by atoms with Crippen LogP contribution in [0, 0.1) is 0 Å². The molecule has 17 heavy (non-hydrogen) atoms. The summed E-state index contributed by atoms with van der Waals surface area (Å²) in [6, 6.07) is 7.50. The maximum Gasteiger partial charge on any atom is 0.310 e. The number of aliphatic carboxylic acids is 1. The molecule has 1 atom stereocenters. The molecule has 0 radical (unpaired) electrons. The fourth-order valence-electron chi connectivity index (χ4n) is 1.49. The molecule has 0 aliphatic heterocycles. The molecule has 88 valence electrons. The zero-order chi connectivity index (χ0) is 12.7. The minimum absolute atomic E-state index is 0.501. The van der Waals surface area contributed by atoms with Crippen molar-refractivity contribution in [3.63, 3.8) is 0 Å². The summed E-state index contributed by atoms with van der Waals surface area (Å²) in [4.78, 5) is 11.0. The molecule has 0 saturated carbocycles. The van der Waals surface area contributed by atoms with Crippen LogP contribution in [0.15, 0.2) is 55.1 Å². The summed E-state index contributed by atoms with van der Waals surface area (Å²) >= 11 is 0. The van der Waals surface area contributed by atoms with E-state index >= 15 is 0 Å². The van der Waals surface area contributed by atoms with Gasteiger partial charge in [-0.2, -0.15) is 0 Å². The fraction of sp³-hybridized carbons (Fsp3) is 0.133. The zero-order valence-corrected chi connectivity index (χ0v) is 9.84. The van der Waals surface area contributed by atoms with Crippen LogP contribution in [0.25, 0.3) is 6.08 Å². The van der Waals surface area contributed by atoms with Gasteiger partial charge in [0, 0.05) is 0 Å². The van der Waals surface area contributed by atoms with Crippen molar-refractivity contribution in [3.8, 4) is 0 Å². The summed E-state index contributed by atoms with van der Waals surface area (Å²) in [5.41, 5.74) is 1.75. The Kier molecular flexibility index (Phi) is 4.95. The molecule has 0 aliphatic carbocycles. The average Bonchev–Trinajstić information content (AvgIpc) is 2.34. The number of carboxylic acid groups (broad SMARTS) is 1. The molecule has 1 N–H and O–H groups in total. The van der Waals surface area contributed by atoms with Crippen LogP contribution in [-0.2, 0) is 4.79 Å². The molecule has 0 fully saturated rings. The minimum Gasteiger partial charge on any atom is -0.481 e. The van der Waals surface area contributed by atoms with Gasteiger partial charge in [-0.25, -0.2) is 0 Å². The van der Waals surface area contributed by atoms with E-state index in [0.29, 0.717) is 0 Å². The van der Waals surface area contributed by atoms with E-state index in [0.717, 1.165) is 11.1 Å². The second-order valence-electron chi connectivity index (χ2n) is 3.67. The minimum atomic E-state index is -0.813. The second kappa shape index (κ2) is 6.48. The molecule has 0 aromatic heterocycles. The highest BCUT2D eigenvalue weighted by molar-refractivity contribution is 5.77. The summed E-state index contributed by atoms with van der Waals surface area (Å²) in [5, 5.41) is 9.02. The van der Waals surface area contributed by atoms with Crippen LogP contribution in [0.1, 0.15) is 24.0 Å². The van der Waals surface area contributed by atoms with Crippen molar-refractivity contribution >= 4 is 12.0 Å². The predicted octanol–water partition coefficient (Wildman–Crippen LogP) is 3.63. The van der Waals surface area contributed by atoms with E-state index in [1.54, 1.807) is 13.0 Å². The van der Waals surface area contributed by atoms with Crippen LogP contribution in [0.4, 0.5) is 0 Å². The first-order valence-electron chi connectivity index (χ1n) is 5.44. The number of carbonyl (C=O) groups is 1. The molecule has 0 heterocycles. The third kappa shape index (κ3) is 3.76. The van der Waals surface area contributed by atoms with E-state index in [2.05, 4.69) is 6.58 Å². The number of carboxylic acids is 1. The topological polar surface area (TPSA) is 37.3 Å². The van der Waals surface area contributed by atoms with Gasteiger partial charge in [-0.15, -0.1) is 0 Å². The molecular formula is C15H16O2. The van der Waals surface area contributed by atoms with Crippen LogP contribution >= 0.6 is 0 Å². The van der Waals surface area contributed by atoms with E-state index < -0.39 is 11.9 Å². The lowest BCUT2D eigenvalue weighted by atomic mass is 9.95. The van der Waals surface area contributed by atoms with E-state index in [4.69, 9.17) is 5.11 Å². The first-order valence-corrected chi connectivity index (χ1v) is 5.44. The van der Waals surface area contributed by atoms with Gasteiger partial charge in [0.15, 0.2) is 0 Å². The SMILES string of the molecule is C=CC=CC=Cc1ccccc1C(C)C(=O)O. The largest absolute Gasteiger partial charge is 0.481 e. The zero-order valence-electron chi connectivity index (χ0n) is 9.84. The maximum atomic E-state index is 11.0. The Morgan fingerprint density at radius 2 is 2.00 bits per heavy atom. The molecule has 1 rings (SSSR count). The van der Waals surface area contributed by atoms with Gasteiger partial charge in [0.25, 0.3) is 0 Å². The van der Waals surface area contributed by atoms with Crippen molar-refractivity contribution in [1.29, 1.82) is 0 Å². The molecule has 2 nitrogen and oxygen atoms in total. The van der Waals surface area contributed by atoms with Crippen LogP contribution in [0.3, 0.4) is 0 Å². The molecule has 1 aromatic carbocycles. The first-order chi connectivity index (χ1) is 8.16. The maximum absolute atomic E-state index is 11.0. The smallest absolute Gasteiger partial charge is 0.310 e. The Labute approximate surface area is 102 Å². The van der Waals surface area contributed by atoms with Gasteiger partial charge in [0.05, 0.1) is 5.92 Å².